The molecule has 0 saturated heterocycles. The predicted molar refractivity (Wildman–Crippen MR) is 64.3 cm³/mol. The highest BCUT2D eigenvalue weighted by Gasteiger charge is 2.26. The molecular formula is C11H13N3O2S. The quantitative estimate of drug-likeness (QED) is 0.684. The Balaban J connectivity index is 0.000000128. The number of benzene rings is 1. The number of hydrogen-bond donors (Lipinski definition) is 2. The van der Waals surface area contributed by atoms with E-state index in [0.29, 0.717) is 15.6 Å². The Hall–Kier alpha value is -1.82. The van der Waals surface area contributed by atoms with Crippen molar-refractivity contribution in [3.8, 4) is 0 Å². The molecule has 5 nitrogen and oxygen atoms in total. The highest BCUT2D eigenvalue weighted by atomic mass is 32.2. The normalized spacial score (nSPS) is 14.4. The maximum Gasteiger partial charge on any atom is 0.206 e. The van der Waals surface area contributed by atoms with E-state index in [9.17, 15) is 8.42 Å². The maximum atomic E-state index is 10.8. The van der Waals surface area contributed by atoms with Gasteiger partial charge in [0.05, 0.1) is 9.79 Å². The summed E-state index contributed by atoms with van der Waals surface area (Å²) >= 11 is 0. The number of nitrogens with one attached hydrogen (secondary N) is 1. The van der Waals surface area contributed by atoms with Crippen LogP contribution in [0, 0.1) is 0 Å². The lowest BCUT2D eigenvalue weighted by molar-refractivity contribution is 0.588. The van der Waals surface area contributed by atoms with Gasteiger partial charge in [-0.3, -0.25) is 5.10 Å². The van der Waals surface area contributed by atoms with Gasteiger partial charge in [-0.1, -0.05) is 13.0 Å². The summed E-state index contributed by atoms with van der Waals surface area (Å²) in [5.74, 6) is 0.571. The fraction of sp³-hybridized carbons (Fsp3) is 0.182. The number of nitrogens with two attached hydrogens (primary N) is 1. The third-order valence-electron chi connectivity index (χ3n) is 2.46. The molecule has 2 bridgehead atoms. The standard InChI is InChI=1S/C6H4O2S.C5H9N3/c7-9(8)5-2-1-3-6(9)4-5;1-2-4-3-5(6)8-7-4/h1-4H;3H,2H2,1H3,(H3,6,7,8). The molecule has 1 aromatic heterocycles. The van der Waals surface area contributed by atoms with E-state index < -0.39 is 9.84 Å². The molecule has 17 heavy (non-hydrogen) atoms. The van der Waals surface area contributed by atoms with Crippen LogP contribution in [0.15, 0.2) is 40.1 Å². The summed E-state index contributed by atoms with van der Waals surface area (Å²) < 4.78 is 21.7. The van der Waals surface area contributed by atoms with E-state index in [2.05, 4.69) is 10.2 Å². The van der Waals surface area contributed by atoms with E-state index in [-0.39, 0.29) is 0 Å². The molecule has 0 saturated carbocycles. The highest BCUT2D eigenvalue weighted by molar-refractivity contribution is 7.92. The SMILES string of the molecule is CCc1cc(N)n[nH]1.O=S1(=O)c2cccc1c2. The Morgan fingerprint density at radius 1 is 1.29 bits per heavy atom. The van der Waals surface area contributed by atoms with Crippen LogP contribution in [0.3, 0.4) is 0 Å². The second-order valence-electron chi connectivity index (χ2n) is 3.65. The van der Waals surface area contributed by atoms with Crippen molar-refractivity contribution in [2.24, 2.45) is 0 Å². The zero-order chi connectivity index (χ0) is 12.5. The van der Waals surface area contributed by atoms with E-state index in [0.717, 1.165) is 12.1 Å². The van der Waals surface area contributed by atoms with Crippen LogP contribution >= 0.6 is 0 Å². The van der Waals surface area contributed by atoms with Crippen molar-refractivity contribution in [2.75, 3.05) is 5.73 Å². The summed E-state index contributed by atoms with van der Waals surface area (Å²) in [5.41, 5.74) is 6.40. The van der Waals surface area contributed by atoms with Crippen LogP contribution < -0.4 is 5.73 Å². The minimum atomic E-state index is -2.93. The summed E-state index contributed by atoms with van der Waals surface area (Å²) in [4.78, 5) is 0.889. The van der Waals surface area contributed by atoms with Crippen LogP contribution in [0.4, 0.5) is 5.82 Å². The van der Waals surface area contributed by atoms with Crippen molar-refractivity contribution in [3.63, 3.8) is 0 Å². The number of nitrogens with zero attached hydrogens (tertiary/aromatic N) is 1. The minimum Gasteiger partial charge on any atom is -0.382 e. The number of aromatic amines is 1. The molecule has 2 aliphatic heterocycles. The fourth-order valence-electron chi connectivity index (χ4n) is 1.45. The van der Waals surface area contributed by atoms with Gasteiger partial charge in [0.1, 0.15) is 5.82 Å². The molecule has 4 rings (SSSR count). The molecule has 0 fully saturated rings. The van der Waals surface area contributed by atoms with Gasteiger partial charge in [-0.25, -0.2) is 8.42 Å². The van der Waals surface area contributed by atoms with Crippen LogP contribution in [0.25, 0.3) is 0 Å². The zero-order valence-electron chi connectivity index (χ0n) is 9.34. The molecule has 3 N–H and O–H groups in total. The summed E-state index contributed by atoms with van der Waals surface area (Å²) in [7, 11) is -2.93. The van der Waals surface area contributed by atoms with Gasteiger partial charge < -0.3 is 5.73 Å². The van der Waals surface area contributed by atoms with E-state index in [1.807, 2.05) is 13.0 Å². The number of nitrogen functional groups attached to an aromatic ring is 1. The Bertz CT molecular complexity index is 599. The molecule has 2 aliphatic rings. The van der Waals surface area contributed by atoms with Crippen molar-refractivity contribution in [1.29, 1.82) is 0 Å². The van der Waals surface area contributed by atoms with Crippen LogP contribution in [-0.4, -0.2) is 18.6 Å². The van der Waals surface area contributed by atoms with Crippen molar-refractivity contribution in [2.45, 2.75) is 23.1 Å². The number of aromatic nitrogens is 2. The lowest BCUT2D eigenvalue weighted by Gasteiger charge is -2.13. The van der Waals surface area contributed by atoms with Crippen molar-refractivity contribution >= 4 is 15.7 Å². The van der Waals surface area contributed by atoms with Crippen LogP contribution in [0.5, 0.6) is 0 Å². The maximum absolute atomic E-state index is 10.8. The number of H-pyrrole nitrogens is 1. The third kappa shape index (κ3) is 2.16. The fourth-order valence-corrected chi connectivity index (χ4v) is 2.61. The summed E-state index contributed by atoms with van der Waals surface area (Å²) in [6, 6.07) is 8.44. The smallest absolute Gasteiger partial charge is 0.206 e. The third-order valence-corrected chi connectivity index (χ3v) is 4.21. The topological polar surface area (TPSA) is 88.8 Å². The molecule has 2 aromatic rings. The first kappa shape index (κ1) is 11.7. The Morgan fingerprint density at radius 2 is 1.94 bits per heavy atom. The van der Waals surface area contributed by atoms with Crippen molar-refractivity contribution < 1.29 is 8.42 Å². The minimum absolute atomic E-state index is 0.444. The van der Waals surface area contributed by atoms with Gasteiger partial charge in [-0.15, -0.1) is 0 Å². The molecule has 0 atom stereocenters. The monoisotopic (exact) mass is 251 g/mol. The number of hydrogen-bond acceptors (Lipinski definition) is 4. The zero-order valence-corrected chi connectivity index (χ0v) is 10.2. The molecule has 0 amide bonds. The Labute approximate surface area is 99.6 Å². The van der Waals surface area contributed by atoms with E-state index in [1.165, 1.54) is 0 Å². The molecule has 6 heteroatoms. The first-order valence-electron chi connectivity index (χ1n) is 5.19. The van der Waals surface area contributed by atoms with Crippen LogP contribution in [0.1, 0.15) is 12.6 Å². The van der Waals surface area contributed by atoms with Crippen LogP contribution in [-0.2, 0) is 16.3 Å². The van der Waals surface area contributed by atoms with E-state index in [1.54, 1.807) is 24.3 Å². The summed E-state index contributed by atoms with van der Waals surface area (Å²) in [5, 5.41) is 6.52. The van der Waals surface area contributed by atoms with Gasteiger partial charge in [0.25, 0.3) is 0 Å². The first-order chi connectivity index (χ1) is 8.04. The van der Waals surface area contributed by atoms with Gasteiger partial charge in [0.15, 0.2) is 0 Å². The van der Waals surface area contributed by atoms with Gasteiger partial charge >= 0.3 is 0 Å². The predicted octanol–water partition coefficient (Wildman–Crippen LogP) is 1.39. The number of aryl methyl sites for hydroxylation is 1. The molecular weight excluding hydrogens is 238 g/mol. The molecule has 0 radical (unpaired) electrons. The molecule has 1 aromatic carbocycles. The number of fused-ring (bicyclic) bond motifs is 2. The van der Waals surface area contributed by atoms with Crippen molar-refractivity contribution in [3.05, 3.63) is 36.0 Å². The van der Waals surface area contributed by atoms with E-state index in [4.69, 9.17) is 5.73 Å². The molecule has 0 aliphatic carbocycles. The summed E-state index contributed by atoms with van der Waals surface area (Å²) in [6.07, 6.45) is 0.962. The molecule has 90 valence electrons. The Morgan fingerprint density at radius 3 is 2.18 bits per heavy atom. The van der Waals surface area contributed by atoms with Gasteiger partial charge in [-0.05, 0) is 24.6 Å². The Kier molecular flexibility index (Phi) is 2.89. The second kappa shape index (κ2) is 4.21. The molecule has 0 spiro atoms. The lowest BCUT2D eigenvalue weighted by Crippen LogP contribution is -2.10. The second-order valence-corrected chi connectivity index (χ2v) is 5.60. The lowest BCUT2D eigenvalue weighted by atomic mass is 10.3. The van der Waals surface area contributed by atoms with Crippen molar-refractivity contribution in [1.82, 2.24) is 10.2 Å². The molecule has 0 unspecified atom stereocenters. The van der Waals surface area contributed by atoms with Crippen LogP contribution in [0.2, 0.25) is 0 Å². The number of rotatable bonds is 1. The highest BCUT2D eigenvalue weighted by Crippen LogP contribution is 2.30. The number of anilines is 1. The number of sulfone groups is 1. The van der Waals surface area contributed by atoms with E-state index >= 15 is 0 Å². The molecule has 3 heterocycles. The van der Waals surface area contributed by atoms with Gasteiger partial charge in [-0.2, -0.15) is 5.10 Å². The van der Waals surface area contributed by atoms with Gasteiger partial charge in [0, 0.05) is 11.8 Å². The average Bonchev–Trinajstić information content (AvgIpc) is 2.77. The van der Waals surface area contributed by atoms with Gasteiger partial charge in [0.2, 0.25) is 9.84 Å². The largest absolute Gasteiger partial charge is 0.382 e. The summed E-state index contributed by atoms with van der Waals surface area (Å²) in [6.45, 7) is 2.05. The first-order valence-corrected chi connectivity index (χ1v) is 6.67. The average molecular weight is 251 g/mol.